The average molecular weight is 945 g/mol. The predicted octanol–water partition coefficient (Wildman–Crippen LogP) is 9.67. The van der Waals surface area contributed by atoms with Gasteiger partial charge < -0.3 is 30.7 Å². The fourth-order valence-corrected chi connectivity index (χ4v) is 10.4. The molecule has 4 aromatic rings. The van der Waals surface area contributed by atoms with Gasteiger partial charge in [0.1, 0.15) is 5.78 Å². The third kappa shape index (κ3) is 8.25. The molecular weight excluding hydrogens is 893 g/mol. The number of rotatable bonds is 0. The molecule has 16 heteroatoms. The van der Waals surface area contributed by atoms with E-state index in [1.54, 1.807) is 72.8 Å². The van der Waals surface area contributed by atoms with Gasteiger partial charge in [-0.3, -0.25) is 9.47 Å². The van der Waals surface area contributed by atoms with Gasteiger partial charge in [0.15, 0.2) is 0 Å². The van der Waals surface area contributed by atoms with Crippen molar-refractivity contribution in [2.75, 3.05) is 0 Å². The first-order valence-corrected chi connectivity index (χ1v) is 22.1. The van der Waals surface area contributed by atoms with Crippen molar-refractivity contribution < 1.29 is 75.3 Å². The van der Waals surface area contributed by atoms with Gasteiger partial charge in [-0.25, -0.2) is 35.1 Å². The summed E-state index contributed by atoms with van der Waals surface area (Å²) in [7, 11) is 0. The second kappa shape index (κ2) is 17.6. The summed E-state index contributed by atoms with van der Waals surface area (Å²) in [6.07, 6.45) is -2.28. The Balaban J connectivity index is 0.000000182. The number of carbonyl (C=O) groups is 1. The number of fused-ring (bicyclic) bond motifs is 16. The molecule has 0 fully saturated rings. The zero-order valence-corrected chi connectivity index (χ0v) is 36.8. The lowest BCUT2D eigenvalue weighted by Crippen LogP contribution is -2.54. The van der Waals surface area contributed by atoms with E-state index >= 15 is 35.1 Å². The number of halogens is 8. The van der Waals surface area contributed by atoms with Gasteiger partial charge in [0, 0.05) is 48.0 Å². The Hall–Kier alpha value is -4.81. The number of ether oxygens (including phenoxy) is 2. The molecule has 10 rings (SSSR count). The number of hydrogen-bond donors (Lipinski definition) is 4. The Morgan fingerprint density at radius 2 is 0.746 bits per heavy atom. The highest BCUT2D eigenvalue weighted by atomic mass is 19.3. The van der Waals surface area contributed by atoms with Crippen molar-refractivity contribution >= 4 is 16.9 Å². The van der Waals surface area contributed by atoms with E-state index < -0.39 is 94.8 Å². The molecule has 0 saturated heterocycles. The second-order valence-corrected chi connectivity index (χ2v) is 18.0. The Bertz CT molecular complexity index is 2440. The number of aryl methyl sites for hydroxylation is 4. The van der Waals surface area contributed by atoms with Crippen molar-refractivity contribution in [1.82, 2.24) is 0 Å². The number of alkyl halides is 8. The summed E-state index contributed by atoms with van der Waals surface area (Å²) < 4.78 is 134. The first-order valence-electron chi connectivity index (χ1n) is 22.1. The first-order chi connectivity index (χ1) is 30.9. The molecule has 4 aliphatic heterocycles. The number of hydrogen-bond acceptors (Lipinski definition) is 7. The molecule has 8 nitrogen and oxygen atoms in total. The van der Waals surface area contributed by atoms with E-state index in [4.69, 9.17) is 9.47 Å². The number of aliphatic hydroxyl groups is 4. The summed E-state index contributed by atoms with van der Waals surface area (Å²) in [5.74, 6) is -28.0. The molecule has 6 N–H and O–H groups in total. The largest absolute Gasteiger partial charge is 0.412 e. The summed E-state index contributed by atoms with van der Waals surface area (Å²) in [6.45, 7) is 3.06. The molecule has 360 valence electrons. The van der Waals surface area contributed by atoms with E-state index in [2.05, 4.69) is 0 Å². The molecule has 6 aliphatic rings. The van der Waals surface area contributed by atoms with Gasteiger partial charge in [0.2, 0.25) is 11.6 Å². The lowest BCUT2D eigenvalue weighted by atomic mass is 9.77. The van der Waals surface area contributed by atoms with Crippen LogP contribution in [0.1, 0.15) is 110 Å². The fraction of sp³-hybridized carbons (Fsp3) is 0.431. The molecule has 4 atom stereocenters. The maximum atomic E-state index is 15.5. The maximum Gasteiger partial charge on any atom is 0.305 e. The van der Waals surface area contributed by atoms with Crippen molar-refractivity contribution in [3.63, 3.8) is 0 Å². The third-order valence-electron chi connectivity index (χ3n) is 13.3. The molecule has 2 aliphatic carbocycles. The Morgan fingerprint density at radius 3 is 1.10 bits per heavy atom. The fourth-order valence-electron chi connectivity index (χ4n) is 10.4. The quantitative estimate of drug-likeness (QED) is 0.128. The molecule has 0 amide bonds. The van der Waals surface area contributed by atoms with Crippen LogP contribution in [0.3, 0.4) is 0 Å². The van der Waals surface area contributed by atoms with Crippen molar-refractivity contribution in [2.45, 2.75) is 138 Å². The van der Waals surface area contributed by atoms with Crippen LogP contribution in [0.15, 0.2) is 108 Å². The van der Waals surface area contributed by atoms with E-state index in [0.29, 0.717) is 22.3 Å². The molecule has 0 spiro atoms. The van der Waals surface area contributed by atoms with Crippen LogP contribution in [0.4, 0.5) is 35.1 Å². The Labute approximate surface area is 381 Å². The SMILES string of the molecule is CC(C)=O.O.O[C@]12O[C@](O)(C3=C1c1ccccc1CCCC3(F)F)C(F)(F)CCCc1ccccc12.O[C@]12O[C@](O)(C3=C1c1ccccc1CCCC3(F)F)C(F)(F)CCCc1ccccc12. The van der Waals surface area contributed by atoms with Crippen molar-refractivity contribution in [1.29, 1.82) is 0 Å². The monoisotopic (exact) mass is 944 g/mol. The minimum absolute atomic E-state index is 0. The zero-order chi connectivity index (χ0) is 47.7. The number of carbonyl (C=O) groups excluding carboxylic acids is 1. The lowest BCUT2D eigenvalue weighted by molar-refractivity contribution is -0.358. The highest BCUT2D eigenvalue weighted by Gasteiger charge is 2.73. The second-order valence-electron chi connectivity index (χ2n) is 18.0. The smallest absolute Gasteiger partial charge is 0.305 e. The van der Waals surface area contributed by atoms with Crippen LogP contribution in [0.25, 0.3) is 11.1 Å². The molecule has 0 radical (unpaired) electrons. The number of Topliss-reactive ketones (excluding diaryl/α,β-unsaturated/α-hetero) is 1. The maximum absolute atomic E-state index is 15.5. The van der Waals surface area contributed by atoms with Crippen LogP contribution < -0.4 is 0 Å². The normalized spacial score (nSPS) is 29.3. The van der Waals surface area contributed by atoms with Crippen LogP contribution in [0, 0.1) is 0 Å². The van der Waals surface area contributed by atoms with Crippen molar-refractivity contribution in [3.8, 4) is 0 Å². The van der Waals surface area contributed by atoms with E-state index in [1.165, 1.54) is 38.1 Å². The first kappa shape index (κ1) is 50.1. The predicted molar refractivity (Wildman–Crippen MR) is 231 cm³/mol. The van der Waals surface area contributed by atoms with E-state index in [9.17, 15) is 25.2 Å². The highest BCUT2D eigenvalue weighted by Crippen LogP contribution is 2.64. The molecule has 4 bridgehead atoms. The average Bonchev–Trinajstić information content (AvgIpc) is 3.67. The van der Waals surface area contributed by atoms with Crippen molar-refractivity contribution in [2.24, 2.45) is 0 Å². The highest BCUT2D eigenvalue weighted by molar-refractivity contribution is 5.83. The third-order valence-corrected chi connectivity index (χ3v) is 13.3. The van der Waals surface area contributed by atoms with Gasteiger partial charge in [-0.15, -0.1) is 0 Å². The van der Waals surface area contributed by atoms with Crippen LogP contribution in [0.2, 0.25) is 0 Å². The minimum atomic E-state index is -4.03. The summed E-state index contributed by atoms with van der Waals surface area (Å²) in [4.78, 5) is 9.44. The van der Waals surface area contributed by atoms with Crippen molar-refractivity contribution in [3.05, 3.63) is 153 Å². The van der Waals surface area contributed by atoms with Gasteiger partial charge in [-0.1, -0.05) is 97.1 Å². The van der Waals surface area contributed by atoms with Crippen LogP contribution >= 0.6 is 0 Å². The molecule has 0 unspecified atom stereocenters. The number of ketones is 1. The Kier molecular flexibility index (Phi) is 13.2. The standard InChI is InChI=1S/2C24H22F4O3.C3H6O.H2O/c2*25-21(26)13-5-9-15-7-1-3-11-17(15)19-20(21)24(30)22(27,28)14-6-10-16-8-2-4-12-18(16)23(19,29)31-24;1-3(2)4;/h2*1-4,7-8,11-12,29-30H,5-6,9-10,13-14H2;1-2H3;1H2/t2*23-,24-;;/m11../s1. The topological polar surface area (TPSA) is 148 Å². The van der Waals surface area contributed by atoms with Gasteiger partial charge in [-0.05, 0) is 98.6 Å². The molecule has 0 saturated carbocycles. The van der Waals surface area contributed by atoms with Gasteiger partial charge in [0.05, 0.1) is 11.1 Å². The molecule has 4 heterocycles. The molecule has 0 aromatic heterocycles. The van der Waals surface area contributed by atoms with E-state index in [0.717, 1.165) is 0 Å². The summed E-state index contributed by atoms with van der Waals surface area (Å²) in [5, 5.41) is 45.9. The minimum Gasteiger partial charge on any atom is -0.412 e. The summed E-state index contributed by atoms with van der Waals surface area (Å²) in [5.41, 5.74) is -0.499. The number of benzene rings is 4. The summed E-state index contributed by atoms with van der Waals surface area (Å²) in [6, 6.07) is 25.9. The summed E-state index contributed by atoms with van der Waals surface area (Å²) >= 11 is 0. The van der Waals surface area contributed by atoms with Crippen LogP contribution in [0.5, 0.6) is 0 Å². The molecule has 4 aromatic carbocycles. The lowest BCUT2D eigenvalue weighted by Gasteiger charge is -2.37. The molecular formula is C51H52F8O8. The van der Waals surface area contributed by atoms with Crippen LogP contribution in [-0.4, -0.2) is 66.9 Å². The Morgan fingerprint density at radius 1 is 0.463 bits per heavy atom. The van der Waals surface area contributed by atoms with E-state index in [1.807, 2.05) is 0 Å². The zero-order valence-electron chi connectivity index (χ0n) is 36.8. The van der Waals surface area contributed by atoms with E-state index in [-0.39, 0.29) is 84.9 Å². The van der Waals surface area contributed by atoms with Gasteiger partial charge >= 0.3 is 11.8 Å². The van der Waals surface area contributed by atoms with Gasteiger partial charge in [-0.2, -0.15) is 0 Å². The van der Waals surface area contributed by atoms with Crippen LogP contribution in [-0.2, 0) is 51.5 Å². The van der Waals surface area contributed by atoms with Gasteiger partial charge in [0.25, 0.3) is 23.4 Å². The molecule has 67 heavy (non-hydrogen) atoms.